The summed E-state index contributed by atoms with van der Waals surface area (Å²) in [5, 5.41) is 5.25. The van der Waals surface area contributed by atoms with E-state index in [4.69, 9.17) is 16.0 Å². The molecule has 98 valence electrons. The molecule has 18 heavy (non-hydrogen) atoms. The maximum absolute atomic E-state index is 6.25. The smallest absolute Gasteiger partial charge is 0.153 e. The van der Waals surface area contributed by atoms with E-state index in [0.29, 0.717) is 11.1 Å². The van der Waals surface area contributed by atoms with Crippen molar-refractivity contribution >= 4 is 22.6 Å². The van der Waals surface area contributed by atoms with Gasteiger partial charge in [0.15, 0.2) is 5.58 Å². The molecule has 2 rings (SSSR count). The maximum atomic E-state index is 6.25. The van der Waals surface area contributed by atoms with Crippen LogP contribution in [0.1, 0.15) is 37.7 Å². The van der Waals surface area contributed by atoms with Crippen LogP contribution in [0.2, 0.25) is 5.02 Å². The third-order valence-electron chi connectivity index (χ3n) is 3.10. The molecule has 0 saturated carbocycles. The van der Waals surface area contributed by atoms with Gasteiger partial charge in [-0.25, -0.2) is 0 Å². The van der Waals surface area contributed by atoms with Gasteiger partial charge >= 0.3 is 0 Å². The summed E-state index contributed by atoms with van der Waals surface area (Å²) in [5.41, 5.74) is 3.26. The first kappa shape index (κ1) is 13.4. The summed E-state index contributed by atoms with van der Waals surface area (Å²) in [5.74, 6) is 1.01. The fourth-order valence-electron chi connectivity index (χ4n) is 2.22. The molecular weight excluding hydrogens is 246 g/mol. The molecule has 0 aliphatic carbocycles. The van der Waals surface area contributed by atoms with Gasteiger partial charge in [-0.05, 0) is 31.0 Å². The number of halogens is 1. The van der Waals surface area contributed by atoms with Crippen LogP contribution in [0.15, 0.2) is 16.5 Å². The number of furan rings is 1. The fourth-order valence-corrected chi connectivity index (χ4v) is 2.53. The summed E-state index contributed by atoms with van der Waals surface area (Å²) >= 11 is 6.25. The number of nitrogens with one attached hydrogen (secondary N) is 1. The molecular formula is C15H20ClNO. The van der Waals surface area contributed by atoms with Crippen LogP contribution >= 0.6 is 11.6 Å². The Morgan fingerprint density at radius 2 is 2.06 bits per heavy atom. The second-order valence-corrected chi connectivity index (χ2v) is 5.42. The molecule has 1 aromatic heterocycles. The van der Waals surface area contributed by atoms with Crippen LogP contribution in [-0.4, -0.2) is 6.04 Å². The Morgan fingerprint density at radius 3 is 2.67 bits per heavy atom. The first-order valence-electron chi connectivity index (χ1n) is 6.46. The number of hydrogen-bond acceptors (Lipinski definition) is 2. The van der Waals surface area contributed by atoms with E-state index in [9.17, 15) is 0 Å². The van der Waals surface area contributed by atoms with Crippen LogP contribution in [0.5, 0.6) is 0 Å². The average molecular weight is 266 g/mol. The van der Waals surface area contributed by atoms with Gasteiger partial charge in [-0.3, -0.25) is 0 Å². The maximum Gasteiger partial charge on any atom is 0.153 e. The molecule has 0 bridgehead atoms. The van der Waals surface area contributed by atoms with E-state index in [1.807, 2.05) is 6.07 Å². The van der Waals surface area contributed by atoms with Gasteiger partial charge in [-0.2, -0.15) is 0 Å². The Labute approximate surface area is 113 Å². The minimum absolute atomic E-state index is 0.445. The Hall–Kier alpha value is -0.990. The molecule has 0 atom stereocenters. The summed E-state index contributed by atoms with van der Waals surface area (Å²) < 4.78 is 5.93. The molecule has 2 nitrogen and oxygen atoms in total. The highest BCUT2D eigenvalue weighted by Gasteiger charge is 2.15. The monoisotopic (exact) mass is 265 g/mol. The van der Waals surface area contributed by atoms with Crippen LogP contribution in [-0.2, 0) is 13.0 Å². The van der Waals surface area contributed by atoms with Gasteiger partial charge in [0.1, 0.15) is 5.76 Å². The van der Waals surface area contributed by atoms with Crippen molar-refractivity contribution < 1.29 is 4.42 Å². The summed E-state index contributed by atoms with van der Waals surface area (Å²) in [7, 11) is 0. The first-order valence-corrected chi connectivity index (χ1v) is 6.84. The molecule has 0 aliphatic heterocycles. The summed E-state index contributed by atoms with van der Waals surface area (Å²) in [6.45, 7) is 9.23. The van der Waals surface area contributed by atoms with Gasteiger partial charge in [0.25, 0.3) is 0 Å². The number of rotatable bonds is 4. The van der Waals surface area contributed by atoms with Crippen LogP contribution < -0.4 is 5.32 Å². The molecule has 1 heterocycles. The van der Waals surface area contributed by atoms with Crippen LogP contribution in [0.25, 0.3) is 11.0 Å². The predicted octanol–water partition coefficient (Wildman–Crippen LogP) is 4.46. The molecule has 0 amide bonds. The molecule has 2 aromatic rings. The SMILES string of the molecule is CCc1c(CNC(C)C)oc2c(Cl)cc(C)cc12. The standard InChI is InChI=1S/C15H20ClNO/c1-5-11-12-6-10(4)7-13(16)15(12)18-14(11)8-17-9(2)3/h6-7,9,17H,5,8H2,1-4H3. The van der Waals surface area contributed by atoms with Gasteiger partial charge in [0.05, 0.1) is 11.6 Å². The molecule has 3 heteroatoms. The predicted molar refractivity (Wildman–Crippen MR) is 77.3 cm³/mol. The Bertz CT molecular complexity index is 557. The highest BCUT2D eigenvalue weighted by Crippen LogP contribution is 2.32. The van der Waals surface area contributed by atoms with E-state index >= 15 is 0 Å². The molecule has 0 saturated heterocycles. The van der Waals surface area contributed by atoms with E-state index in [1.54, 1.807) is 0 Å². The Balaban J connectivity index is 2.50. The Kier molecular flexibility index (Phi) is 3.98. The van der Waals surface area contributed by atoms with Crippen molar-refractivity contribution in [1.29, 1.82) is 0 Å². The number of benzene rings is 1. The van der Waals surface area contributed by atoms with Crippen molar-refractivity contribution in [3.05, 3.63) is 34.0 Å². The zero-order valence-corrected chi connectivity index (χ0v) is 12.2. The number of hydrogen-bond donors (Lipinski definition) is 1. The van der Waals surface area contributed by atoms with Crippen LogP contribution in [0.3, 0.4) is 0 Å². The lowest BCUT2D eigenvalue weighted by molar-refractivity contribution is 0.484. The van der Waals surface area contributed by atoms with Gasteiger partial charge in [0, 0.05) is 17.0 Å². The van der Waals surface area contributed by atoms with E-state index in [0.717, 1.165) is 29.7 Å². The second-order valence-electron chi connectivity index (χ2n) is 5.02. The zero-order chi connectivity index (χ0) is 13.3. The minimum Gasteiger partial charge on any atom is -0.458 e. The van der Waals surface area contributed by atoms with Crippen LogP contribution in [0.4, 0.5) is 0 Å². The Morgan fingerprint density at radius 1 is 1.33 bits per heavy atom. The summed E-state index contributed by atoms with van der Waals surface area (Å²) in [6.07, 6.45) is 0.960. The van der Waals surface area contributed by atoms with Gasteiger partial charge in [0.2, 0.25) is 0 Å². The van der Waals surface area contributed by atoms with Gasteiger partial charge in [-0.15, -0.1) is 0 Å². The van der Waals surface area contributed by atoms with E-state index < -0.39 is 0 Å². The van der Waals surface area contributed by atoms with Crippen LogP contribution in [0, 0.1) is 6.92 Å². The molecule has 0 unspecified atom stereocenters. The first-order chi connectivity index (χ1) is 8.52. The lowest BCUT2D eigenvalue weighted by atomic mass is 10.1. The van der Waals surface area contributed by atoms with E-state index in [-0.39, 0.29) is 0 Å². The van der Waals surface area contributed by atoms with Gasteiger partial charge in [-0.1, -0.05) is 32.4 Å². The van der Waals surface area contributed by atoms with Crippen molar-refractivity contribution in [3.63, 3.8) is 0 Å². The molecule has 0 radical (unpaired) electrons. The topological polar surface area (TPSA) is 25.2 Å². The number of fused-ring (bicyclic) bond motifs is 1. The van der Waals surface area contributed by atoms with E-state index in [2.05, 4.69) is 39.1 Å². The lowest BCUT2D eigenvalue weighted by Gasteiger charge is -2.06. The molecule has 0 aliphatic rings. The molecule has 0 spiro atoms. The molecule has 1 N–H and O–H groups in total. The average Bonchev–Trinajstić information content (AvgIpc) is 2.64. The second kappa shape index (κ2) is 5.33. The van der Waals surface area contributed by atoms with Crippen molar-refractivity contribution in [1.82, 2.24) is 5.32 Å². The third kappa shape index (κ3) is 2.55. The zero-order valence-electron chi connectivity index (χ0n) is 11.4. The van der Waals surface area contributed by atoms with E-state index in [1.165, 1.54) is 11.1 Å². The highest BCUT2D eigenvalue weighted by atomic mass is 35.5. The van der Waals surface area contributed by atoms with Crippen molar-refractivity contribution in [3.8, 4) is 0 Å². The largest absolute Gasteiger partial charge is 0.458 e. The fraction of sp³-hybridized carbons (Fsp3) is 0.467. The highest BCUT2D eigenvalue weighted by molar-refractivity contribution is 6.35. The minimum atomic E-state index is 0.445. The summed E-state index contributed by atoms with van der Waals surface area (Å²) in [6, 6.07) is 4.55. The molecule has 0 fully saturated rings. The van der Waals surface area contributed by atoms with Crippen molar-refractivity contribution in [2.45, 2.75) is 46.7 Å². The van der Waals surface area contributed by atoms with Crippen molar-refractivity contribution in [2.75, 3.05) is 0 Å². The normalized spacial score (nSPS) is 11.7. The third-order valence-corrected chi connectivity index (χ3v) is 3.38. The molecule has 1 aromatic carbocycles. The number of aryl methyl sites for hydroxylation is 2. The van der Waals surface area contributed by atoms with Gasteiger partial charge < -0.3 is 9.73 Å². The lowest BCUT2D eigenvalue weighted by Crippen LogP contribution is -2.22. The van der Waals surface area contributed by atoms with Crippen molar-refractivity contribution in [2.24, 2.45) is 0 Å². The summed E-state index contributed by atoms with van der Waals surface area (Å²) in [4.78, 5) is 0. The quantitative estimate of drug-likeness (QED) is 0.883.